The highest BCUT2D eigenvalue weighted by Crippen LogP contribution is 2.34. The number of aliphatic imine (C=N–C) groups is 1. The lowest BCUT2D eigenvalue weighted by Gasteiger charge is -2.09. The molecule has 0 saturated carbocycles. The second kappa shape index (κ2) is 10.1. The van der Waals surface area contributed by atoms with E-state index < -0.39 is 5.97 Å². The van der Waals surface area contributed by atoms with Crippen LogP contribution < -0.4 is 4.74 Å². The third-order valence-corrected chi connectivity index (χ3v) is 6.24. The van der Waals surface area contributed by atoms with Gasteiger partial charge in [-0.15, -0.1) is 0 Å². The van der Waals surface area contributed by atoms with Gasteiger partial charge in [0, 0.05) is 7.05 Å². The molecule has 1 fully saturated rings. The molecular formula is C25H18ClFN2O4S. The number of carbonyl (C=O) groups excluding carboxylic acids is 1. The summed E-state index contributed by atoms with van der Waals surface area (Å²) in [6.07, 6.45) is 1.70. The average molecular weight is 497 g/mol. The van der Waals surface area contributed by atoms with E-state index in [1.807, 2.05) is 0 Å². The van der Waals surface area contributed by atoms with Crippen molar-refractivity contribution in [2.75, 3.05) is 7.05 Å². The first kappa shape index (κ1) is 23.5. The molecule has 1 amide bonds. The fraction of sp³-hybridized carbons (Fsp3) is 0.0800. The van der Waals surface area contributed by atoms with E-state index >= 15 is 0 Å². The van der Waals surface area contributed by atoms with Crippen molar-refractivity contribution in [1.82, 2.24) is 4.90 Å². The number of likely N-dealkylation sites (N-methyl/N-ethyl adjacent to an activating group) is 1. The number of amides is 1. The number of carboxylic acids is 1. The molecule has 4 rings (SSSR count). The Bertz CT molecular complexity index is 1320. The topological polar surface area (TPSA) is 79.2 Å². The number of aromatic carboxylic acids is 1. The number of rotatable bonds is 6. The molecule has 0 aliphatic carbocycles. The largest absolute Gasteiger partial charge is 0.487 e. The van der Waals surface area contributed by atoms with Gasteiger partial charge in [-0.1, -0.05) is 35.9 Å². The Balaban J connectivity index is 1.49. The summed E-state index contributed by atoms with van der Waals surface area (Å²) >= 11 is 7.54. The Hall–Kier alpha value is -3.62. The molecule has 0 atom stereocenters. The number of ether oxygens (including phenoxy) is 1. The second-order valence-corrected chi connectivity index (χ2v) is 8.75. The van der Waals surface area contributed by atoms with Crippen molar-refractivity contribution in [3.8, 4) is 5.75 Å². The van der Waals surface area contributed by atoms with Gasteiger partial charge >= 0.3 is 5.97 Å². The predicted octanol–water partition coefficient (Wildman–Crippen LogP) is 5.99. The van der Waals surface area contributed by atoms with Gasteiger partial charge in [-0.05, 0) is 71.4 Å². The maximum Gasteiger partial charge on any atom is 0.335 e. The van der Waals surface area contributed by atoms with Crippen molar-refractivity contribution in [3.05, 3.63) is 99.2 Å². The monoisotopic (exact) mass is 496 g/mol. The van der Waals surface area contributed by atoms with Crippen molar-refractivity contribution in [2.45, 2.75) is 6.61 Å². The number of hydrogen-bond donors (Lipinski definition) is 1. The summed E-state index contributed by atoms with van der Waals surface area (Å²) < 4.78 is 18.8. The molecule has 1 aliphatic heterocycles. The molecule has 34 heavy (non-hydrogen) atoms. The average Bonchev–Trinajstić information content (AvgIpc) is 3.07. The van der Waals surface area contributed by atoms with Crippen LogP contribution >= 0.6 is 23.4 Å². The summed E-state index contributed by atoms with van der Waals surface area (Å²) in [5.74, 6) is -1.12. The number of thioether (sulfide) groups is 1. The third-order valence-electron chi connectivity index (χ3n) is 4.88. The quantitative estimate of drug-likeness (QED) is 0.424. The van der Waals surface area contributed by atoms with Crippen molar-refractivity contribution in [1.29, 1.82) is 0 Å². The SMILES string of the molecule is CN1C(=O)C(=Cc2ccc(OCc3ccc(F)cc3)c(Cl)c2)SC1=Nc1cccc(C(=O)O)c1. The van der Waals surface area contributed by atoms with E-state index in [2.05, 4.69) is 4.99 Å². The fourth-order valence-corrected chi connectivity index (χ4v) is 4.32. The van der Waals surface area contributed by atoms with E-state index in [4.69, 9.17) is 21.4 Å². The van der Waals surface area contributed by atoms with E-state index in [9.17, 15) is 14.0 Å². The zero-order valence-corrected chi connectivity index (χ0v) is 19.4. The minimum atomic E-state index is -1.05. The number of carboxylic acid groups (broad SMARTS) is 1. The first-order valence-corrected chi connectivity index (χ1v) is 11.3. The molecule has 0 spiro atoms. The van der Waals surface area contributed by atoms with Crippen LogP contribution in [0, 0.1) is 5.82 Å². The minimum Gasteiger partial charge on any atom is -0.487 e. The maximum absolute atomic E-state index is 13.0. The van der Waals surface area contributed by atoms with Gasteiger partial charge in [-0.2, -0.15) is 0 Å². The molecule has 0 bridgehead atoms. The van der Waals surface area contributed by atoms with Crippen LogP contribution in [-0.4, -0.2) is 34.1 Å². The first-order chi connectivity index (χ1) is 16.3. The summed E-state index contributed by atoms with van der Waals surface area (Å²) in [6.45, 7) is 0.239. The molecule has 172 valence electrons. The Kier molecular flexibility index (Phi) is 7.00. The fourth-order valence-electron chi connectivity index (χ4n) is 3.09. The molecule has 9 heteroatoms. The van der Waals surface area contributed by atoms with Crippen LogP contribution in [0.5, 0.6) is 5.75 Å². The van der Waals surface area contributed by atoms with E-state index in [0.29, 0.717) is 32.1 Å². The summed E-state index contributed by atoms with van der Waals surface area (Å²) in [5.41, 5.74) is 2.07. The molecule has 1 aliphatic rings. The van der Waals surface area contributed by atoms with Crippen LogP contribution in [0.3, 0.4) is 0 Å². The summed E-state index contributed by atoms with van der Waals surface area (Å²) in [7, 11) is 1.61. The highest BCUT2D eigenvalue weighted by Gasteiger charge is 2.30. The van der Waals surface area contributed by atoms with Gasteiger partial charge in [0.25, 0.3) is 5.91 Å². The summed E-state index contributed by atoms with van der Waals surface area (Å²) in [4.78, 5) is 30.2. The van der Waals surface area contributed by atoms with Gasteiger partial charge in [0.15, 0.2) is 5.17 Å². The van der Waals surface area contributed by atoms with E-state index in [0.717, 1.165) is 5.56 Å². The Morgan fingerprint density at radius 3 is 2.65 bits per heavy atom. The van der Waals surface area contributed by atoms with Crippen molar-refractivity contribution in [3.63, 3.8) is 0 Å². The molecule has 0 aromatic heterocycles. The highest BCUT2D eigenvalue weighted by atomic mass is 35.5. The van der Waals surface area contributed by atoms with Gasteiger partial charge in [-0.25, -0.2) is 14.2 Å². The van der Waals surface area contributed by atoms with Gasteiger partial charge in [-0.3, -0.25) is 9.69 Å². The molecule has 6 nitrogen and oxygen atoms in total. The smallest absolute Gasteiger partial charge is 0.335 e. The molecule has 1 heterocycles. The lowest BCUT2D eigenvalue weighted by Crippen LogP contribution is -2.23. The number of hydrogen-bond acceptors (Lipinski definition) is 5. The van der Waals surface area contributed by atoms with Crippen LogP contribution in [-0.2, 0) is 11.4 Å². The van der Waals surface area contributed by atoms with Crippen LogP contribution in [0.2, 0.25) is 5.02 Å². The van der Waals surface area contributed by atoms with Crippen molar-refractivity contribution < 1.29 is 23.8 Å². The predicted molar refractivity (Wildman–Crippen MR) is 131 cm³/mol. The highest BCUT2D eigenvalue weighted by molar-refractivity contribution is 8.18. The van der Waals surface area contributed by atoms with Gasteiger partial charge in [0.2, 0.25) is 0 Å². The Labute approximate surface area is 204 Å². The van der Waals surface area contributed by atoms with E-state index in [1.165, 1.54) is 40.9 Å². The molecule has 1 saturated heterocycles. The first-order valence-electron chi connectivity index (χ1n) is 10.1. The number of carbonyl (C=O) groups is 2. The lowest BCUT2D eigenvalue weighted by molar-refractivity contribution is -0.121. The Morgan fingerprint density at radius 1 is 1.18 bits per heavy atom. The van der Waals surface area contributed by atoms with Crippen LogP contribution in [0.25, 0.3) is 6.08 Å². The van der Waals surface area contributed by atoms with Crippen LogP contribution in [0.4, 0.5) is 10.1 Å². The minimum absolute atomic E-state index is 0.117. The third kappa shape index (κ3) is 5.47. The standard InChI is InChI=1S/C25H18ClFN2O4S/c1-29-23(30)22(34-25(29)28-19-4-2-3-17(13-19)24(31)32)12-16-7-10-21(20(26)11-16)33-14-15-5-8-18(27)9-6-15/h2-13H,14H2,1H3,(H,31,32). The normalized spacial score (nSPS) is 15.9. The maximum atomic E-state index is 13.0. The molecule has 3 aromatic rings. The van der Waals surface area contributed by atoms with Gasteiger partial charge < -0.3 is 9.84 Å². The van der Waals surface area contributed by atoms with Crippen LogP contribution in [0.1, 0.15) is 21.5 Å². The number of amidine groups is 1. The van der Waals surface area contributed by atoms with Gasteiger partial charge in [0.05, 0.1) is 21.2 Å². The second-order valence-electron chi connectivity index (χ2n) is 7.33. The molecular weight excluding hydrogens is 479 g/mol. The molecule has 0 unspecified atom stereocenters. The van der Waals surface area contributed by atoms with Crippen molar-refractivity contribution in [2.24, 2.45) is 4.99 Å². The zero-order chi connectivity index (χ0) is 24.2. The number of halogens is 2. The molecule has 0 radical (unpaired) electrons. The zero-order valence-electron chi connectivity index (χ0n) is 17.9. The molecule has 1 N–H and O–H groups in total. The summed E-state index contributed by atoms with van der Waals surface area (Å²) in [5, 5.41) is 9.96. The van der Waals surface area contributed by atoms with E-state index in [1.54, 1.807) is 55.6 Å². The van der Waals surface area contributed by atoms with Crippen molar-refractivity contribution >= 4 is 52.2 Å². The summed E-state index contributed by atoms with van der Waals surface area (Å²) in [6, 6.07) is 17.4. The number of nitrogens with zero attached hydrogens (tertiary/aromatic N) is 2. The van der Waals surface area contributed by atoms with Gasteiger partial charge in [0.1, 0.15) is 18.2 Å². The molecule has 3 aromatic carbocycles. The lowest BCUT2D eigenvalue weighted by atomic mass is 10.2. The van der Waals surface area contributed by atoms with E-state index in [-0.39, 0.29) is 23.9 Å². The number of benzene rings is 3. The Morgan fingerprint density at radius 2 is 1.94 bits per heavy atom. The van der Waals surface area contributed by atoms with Crippen LogP contribution in [0.15, 0.2) is 76.6 Å².